The maximum Gasteiger partial charge on any atom is 0.320 e. The van der Waals surface area contributed by atoms with Gasteiger partial charge >= 0.3 is 5.97 Å². The van der Waals surface area contributed by atoms with Crippen molar-refractivity contribution < 1.29 is 37.2 Å². The van der Waals surface area contributed by atoms with Gasteiger partial charge < -0.3 is 22.3 Å². The summed E-state index contributed by atoms with van der Waals surface area (Å²) in [5, 5.41) is 8.38. The van der Waals surface area contributed by atoms with Crippen LogP contribution in [0, 0.1) is 0 Å². The molecule has 6 nitrogen and oxygen atoms in total. The molecule has 0 fully saturated rings. The van der Waals surface area contributed by atoms with Gasteiger partial charge in [-0.1, -0.05) is 0 Å². The van der Waals surface area contributed by atoms with Crippen LogP contribution in [0.2, 0.25) is 0 Å². The molecule has 0 aliphatic carbocycles. The summed E-state index contributed by atoms with van der Waals surface area (Å²) in [5.74, 6) is -0.987. The zero-order chi connectivity index (χ0) is 9.56. The first-order valence-electron chi connectivity index (χ1n) is 3.58. The molecule has 0 unspecified atom stereocenters. The molecule has 0 aromatic carbocycles. The van der Waals surface area contributed by atoms with Crippen LogP contribution < -0.4 is 17.2 Å². The third-order valence-corrected chi connectivity index (χ3v) is 1.28. The molecular formula is C6H14CdN4O2. The Morgan fingerprint density at radius 3 is 2.38 bits per heavy atom. The molecule has 0 heterocycles. The smallest absolute Gasteiger partial charge is 0.320 e. The summed E-state index contributed by atoms with van der Waals surface area (Å²) < 4.78 is 0. The van der Waals surface area contributed by atoms with Gasteiger partial charge in [-0.15, -0.1) is 0 Å². The number of aliphatic imine (C=N–C) groups is 1. The maximum atomic E-state index is 10.2. The Kier molecular flexibility index (Phi) is 9.57. The van der Waals surface area contributed by atoms with Crippen LogP contribution >= 0.6 is 0 Å². The van der Waals surface area contributed by atoms with E-state index in [1.807, 2.05) is 0 Å². The average molecular weight is 287 g/mol. The molecule has 0 saturated heterocycles. The zero-order valence-corrected chi connectivity index (χ0v) is 11.5. The molecule has 0 radical (unpaired) electrons. The van der Waals surface area contributed by atoms with Gasteiger partial charge in [-0.25, -0.2) is 0 Å². The number of nitrogens with zero attached hydrogens (tertiary/aromatic N) is 1. The number of hydrogen-bond acceptors (Lipinski definition) is 3. The largest absolute Gasteiger partial charge is 0.480 e. The van der Waals surface area contributed by atoms with Gasteiger partial charge in [0.1, 0.15) is 6.04 Å². The fraction of sp³-hybridized carbons (Fsp3) is 0.667. The molecule has 7 N–H and O–H groups in total. The van der Waals surface area contributed by atoms with Crippen molar-refractivity contribution in [3.63, 3.8) is 0 Å². The van der Waals surface area contributed by atoms with Gasteiger partial charge in [-0.3, -0.25) is 9.79 Å². The predicted molar refractivity (Wildman–Crippen MR) is 45.5 cm³/mol. The van der Waals surface area contributed by atoms with E-state index >= 15 is 0 Å². The topological polar surface area (TPSA) is 128 Å². The number of carbonyl (C=O) groups is 1. The van der Waals surface area contributed by atoms with Gasteiger partial charge in [0.2, 0.25) is 0 Å². The summed E-state index contributed by atoms with van der Waals surface area (Å²) in [5.41, 5.74) is 15.3. The van der Waals surface area contributed by atoms with Gasteiger partial charge in [0.05, 0.1) is 0 Å². The van der Waals surface area contributed by atoms with Crippen LogP contribution in [0.15, 0.2) is 4.99 Å². The van der Waals surface area contributed by atoms with Crippen molar-refractivity contribution in [2.45, 2.75) is 18.9 Å². The minimum Gasteiger partial charge on any atom is -0.480 e. The normalized spacial score (nSPS) is 11.2. The average Bonchev–Trinajstić information content (AvgIpc) is 1.97. The van der Waals surface area contributed by atoms with E-state index in [1.165, 1.54) is 0 Å². The Hall–Kier alpha value is -0.378. The molecule has 72 valence electrons. The number of guanidine groups is 1. The van der Waals surface area contributed by atoms with Crippen LogP contribution in [-0.2, 0) is 32.1 Å². The predicted octanol–water partition coefficient (Wildman–Crippen LogP) is -1.55. The molecule has 13 heavy (non-hydrogen) atoms. The third-order valence-electron chi connectivity index (χ3n) is 1.28. The maximum absolute atomic E-state index is 10.2. The van der Waals surface area contributed by atoms with Crippen molar-refractivity contribution >= 4 is 11.9 Å². The second kappa shape index (κ2) is 8.23. The van der Waals surface area contributed by atoms with Crippen LogP contribution in [0.25, 0.3) is 0 Å². The van der Waals surface area contributed by atoms with Crippen molar-refractivity contribution in [3.05, 3.63) is 0 Å². The summed E-state index contributed by atoms with van der Waals surface area (Å²) in [7, 11) is 0. The fourth-order valence-electron chi connectivity index (χ4n) is 0.643. The number of carboxylic acids is 1. The van der Waals surface area contributed by atoms with Crippen molar-refractivity contribution in [1.29, 1.82) is 0 Å². The van der Waals surface area contributed by atoms with Gasteiger partial charge in [0.15, 0.2) is 5.96 Å². The molecule has 0 amide bonds. The Morgan fingerprint density at radius 1 is 1.46 bits per heavy atom. The number of aliphatic carboxylic acids is 1. The molecule has 0 aliphatic heterocycles. The van der Waals surface area contributed by atoms with E-state index < -0.39 is 12.0 Å². The molecule has 7 heteroatoms. The third kappa shape index (κ3) is 9.54. The summed E-state index contributed by atoms with van der Waals surface area (Å²) >= 11 is 0. The quantitative estimate of drug-likeness (QED) is 0.210. The van der Waals surface area contributed by atoms with E-state index in [0.717, 1.165) is 0 Å². The summed E-state index contributed by atoms with van der Waals surface area (Å²) in [6, 6.07) is -0.820. The summed E-state index contributed by atoms with van der Waals surface area (Å²) in [4.78, 5) is 13.9. The molecule has 0 aromatic rings. The second-order valence-electron chi connectivity index (χ2n) is 2.39. The van der Waals surface area contributed by atoms with Crippen LogP contribution in [0.1, 0.15) is 12.8 Å². The Labute approximate surface area is 96.7 Å². The van der Waals surface area contributed by atoms with Crippen molar-refractivity contribution in [2.75, 3.05) is 6.54 Å². The van der Waals surface area contributed by atoms with Gasteiger partial charge in [-0.05, 0) is 12.8 Å². The monoisotopic (exact) mass is 288 g/mol. The number of hydrogen-bond donors (Lipinski definition) is 4. The molecule has 0 aromatic heterocycles. The van der Waals surface area contributed by atoms with Gasteiger partial charge in [0, 0.05) is 33.8 Å². The fourth-order valence-corrected chi connectivity index (χ4v) is 0.643. The van der Waals surface area contributed by atoms with Crippen molar-refractivity contribution in [3.8, 4) is 0 Å². The Morgan fingerprint density at radius 2 is 2.00 bits per heavy atom. The Bertz CT molecular complexity index is 181. The standard InChI is InChI=1S/C6H14N4O2.Cd/c7-4(5(11)12)2-1-3-10-6(8)9;/h4H,1-3,7H2,(H,11,12)(H4,8,9,10);/t4-;/m0./s1. The molecule has 0 rings (SSSR count). The molecular weight excluding hydrogens is 273 g/mol. The van der Waals surface area contributed by atoms with Crippen LogP contribution in [0.5, 0.6) is 0 Å². The number of nitrogens with two attached hydrogens (primary N) is 3. The minimum atomic E-state index is -1.00. The van der Waals surface area contributed by atoms with Crippen LogP contribution in [-0.4, -0.2) is 29.6 Å². The van der Waals surface area contributed by atoms with Gasteiger partial charge in [0.25, 0.3) is 0 Å². The van der Waals surface area contributed by atoms with E-state index in [0.29, 0.717) is 19.4 Å². The van der Waals surface area contributed by atoms with E-state index in [-0.39, 0.29) is 33.3 Å². The summed E-state index contributed by atoms with van der Waals surface area (Å²) in [6.07, 6.45) is 0.956. The first kappa shape index (κ1) is 15.1. The first-order chi connectivity index (χ1) is 5.54. The molecule has 0 aliphatic rings. The van der Waals surface area contributed by atoms with Crippen molar-refractivity contribution in [2.24, 2.45) is 22.2 Å². The molecule has 0 saturated carbocycles. The molecule has 0 spiro atoms. The van der Waals surface area contributed by atoms with E-state index in [1.54, 1.807) is 0 Å². The minimum absolute atomic E-state index is 0. The number of rotatable bonds is 5. The molecule has 1 atom stereocenters. The van der Waals surface area contributed by atoms with Crippen molar-refractivity contribution in [1.82, 2.24) is 0 Å². The van der Waals surface area contributed by atoms with E-state index in [2.05, 4.69) is 4.99 Å². The number of carboxylic acid groups (broad SMARTS) is 1. The Balaban J connectivity index is 0. The second-order valence-corrected chi connectivity index (χ2v) is 2.39. The first-order valence-corrected chi connectivity index (χ1v) is 3.58. The zero-order valence-electron chi connectivity index (χ0n) is 7.44. The van der Waals surface area contributed by atoms with E-state index in [9.17, 15) is 4.79 Å². The van der Waals surface area contributed by atoms with Crippen LogP contribution in [0.4, 0.5) is 0 Å². The van der Waals surface area contributed by atoms with E-state index in [4.69, 9.17) is 22.3 Å². The summed E-state index contributed by atoms with van der Waals surface area (Å²) in [6.45, 7) is 0.420. The van der Waals surface area contributed by atoms with Crippen LogP contribution in [0.3, 0.4) is 0 Å². The SMILES string of the molecule is NC(N)=NCCC[C@H](N)C(=O)O.[Cd]. The van der Waals surface area contributed by atoms with Gasteiger partial charge in [-0.2, -0.15) is 0 Å². The molecule has 0 bridgehead atoms.